The lowest BCUT2D eigenvalue weighted by Crippen LogP contribution is -2.27. The van der Waals surface area contributed by atoms with Gasteiger partial charge in [0.25, 0.3) is 0 Å². The van der Waals surface area contributed by atoms with Crippen LogP contribution in [0.4, 0.5) is 4.39 Å². The summed E-state index contributed by atoms with van der Waals surface area (Å²) >= 11 is 0. The summed E-state index contributed by atoms with van der Waals surface area (Å²) in [6.45, 7) is 7.54. The van der Waals surface area contributed by atoms with Crippen molar-refractivity contribution in [1.82, 2.24) is 4.98 Å². The number of carboxylic acid groups (broad SMARTS) is 1. The summed E-state index contributed by atoms with van der Waals surface area (Å²) in [5.74, 6) is -0.398. The molecule has 35 heavy (non-hydrogen) atoms. The molecule has 0 amide bonds. The van der Waals surface area contributed by atoms with E-state index in [1.807, 2.05) is 26.0 Å². The maximum Gasteiger partial charge on any atom is 0.307 e. The molecule has 6 nitrogen and oxygen atoms in total. The standard InChI is InChI=1S/C28H30FNO5/c1-16-9-21(35-15-28(3,4)33)10-17(2)26(16)18-5-7-24(29)19(11-18)14-34-20-6-8-25(30-13-20)22-12-23(22)27(31)32/h5-11,13,22-23,33H,12,14-15H2,1-4H3,(H,31,32)/t22-,23-/m0/s1. The molecule has 0 saturated heterocycles. The van der Waals surface area contributed by atoms with E-state index in [1.165, 1.54) is 6.07 Å². The van der Waals surface area contributed by atoms with Crippen molar-refractivity contribution in [3.8, 4) is 22.6 Å². The Kier molecular flexibility index (Phi) is 6.81. The largest absolute Gasteiger partial charge is 0.491 e. The molecule has 7 heteroatoms. The number of nitrogens with zero attached hydrogens (tertiary/aromatic N) is 1. The molecule has 0 unspecified atom stereocenters. The molecule has 184 valence electrons. The van der Waals surface area contributed by atoms with E-state index in [9.17, 15) is 14.3 Å². The first-order valence-electron chi connectivity index (χ1n) is 11.6. The highest BCUT2D eigenvalue weighted by Crippen LogP contribution is 2.46. The maximum absolute atomic E-state index is 14.6. The van der Waals surface area contributed by atoms with Gasteiger partial charge in [0, 0.05) is 17.2 Å². The topological polar surface area (TPSA) is 88.9 Å². The van der Waals surface area contributed by atoms with Crippen LogP contribution in [0.15, 0.2) is 48.7 Å². The molecule has 0 bridgehead atoms. The fraction of sp³-hybridized carbons (Fsp3) is 0.357. The van der Waals surface area contributed by atoms with E-state index in [0.29, 0.717) is 23.5 Å². The van der Waals surface area contributed by atoms with Crippen LogP contribution in [0, 0.1) is 25.6 Å². The molecule has 1 heterocycles. The van der Waals surface area contributed by atoms with Gasteiger partial charge in [-0.1, -0.05) is 6.07 Å². The van der Waals surface area contributed by atoms with Gasteiger partial charge >= 0.3 is 5.97 Å². The monoisotopic (exact) mass is 479 g/mol. The number of carboxylic acids is 1. The first-order chi connectivity index (χ1) is 16.5. The fourth-order valence-electron chi connectivity index (χ4n) is 4.22. The molecule has 1 aliphatic carbocycles. The van der Waals surface area contributed by atoms with Gasteiger partial charge in [-0.25, -0.2) is 4.39 Å². The van der Waals surface area contributed by atoms with Crippen LogP contribution >= 0.6 is 0 Å². The number of aryl methyl sites for hydroxylation is 2. The minimum atomic E-state index is -0.930. The predicted octanol–water partition coefficient (Wildman–Crippen LogP) is 5.42. The van der Waals surface area contributed by atoms with Crippen molar-refractivity contribution in [2.45, 2.75) is 52.2 Å². The van der Waals surface area contributed by atoms with Crippen LogP contribution in [-0.2, 0) is 11.4 Å². The molecule has 1 saturated carbocycles. The van der Waals surface area contributed by atoms with Crippen LogP contribution in [0.1, 0.15) is 48.6 Å². The number of benzene rings is 2. The number of rotatable bonds is 9. The van der Waals surface area contributed by atoms with Crippen molar-refractivity contribution in [1.29, 1.82) is 0 Å². The van der Waals surface area contributed by atoms with E-state index >= 15 is 0 Å². The lowest BCUT2D eigenvalue weighted by Gasteiger charge is -2.20. The van der Waals surface area contributed by atoms with Crippen LogP contribution in [-0.4, -0.2) is 33.4 Å². The first kappa shape index (κ1) is 24.7. The normalized spacial score (nSPS) is 17.2. The minimum Gasteiger partial charge on any atom is -0.491 e. The van der Waals surface area contributed by atoms with Gasteiger partial charge in [0.05, 0.1) is 17.7 Å². The molecule has 1 aromatic heterocycles. The lowest BCUT2D eigenvalue weighted by molar-refractivity contribution is -0.138. The number of pyridine rings is 1. The Bertz CT molecular complexity index is 1210. The average molecular weight is 480 g/mol. The van der Waals surface area contributed by atoms with Crippen molar-refractivity contribution >= 4 is 5.97 Å². The maximum atomic E-state index is 14.6. The zero-order valence-electron chi connectivity index (χ0n) is 20.3. The summed E-state index contributed by atoms with van der Waals surface area (Å²) < 4.78 is 26.1. The van der Waals surface area contributed by atoms with Crippen molar-refractivity contribution in [3.63, 3.8) is 0 Å². The average Bonchev–Trinajstić information content (AvgIpc) is 3.59. The van der Waals surface area contributed by atoms with E-state index in [4.69, 9.17) is 14.6 Å². The van der Waals surface area contributed by atoms with Crippen LogP contribution in [0.25, 0.3) is 11.1 Å². The molecular formula is C28H30FNO5. The van der Waals surface area contributed by atoms with Crippen molar-refractivity contribution < 1.29 is 28.9 Å². The molecule has 2 atom stereocenters. The van der Waals surface area contributed by atoms with E-state index in [2.05, 4.69) is 4.98 Å². The van der Waals surface area contributed by atoms with Crippen LogP contribution in [0.5, 0.6) is 11.5 Å². The number of ether oxygens (including phenoxy) is 2. The smallest absolute Gasteiger partial charge is 0.307 e. The van der Waals surface area contributed by atoms with Crippen molar-refractivity contribution in [2.24, 2.45) is 5.92 Å². The zero-order valence-corrected chi connectivity index (χ0v) is 20.3. The summed E-state index contributed by atoms with van der Waals surface area (Å²) in [7, 11) is 0. The van der Waals surface area contributed by atoms with Gasteiger partial charge in [0.1, 0.15) is 30.5 Å². The first-order valence-corrected chi connectivity index (χ1v) is 11.6. The van der Waals surface area contributed by atoms with E-state index in [0.717, 1.165) is 27.9 Å². The van der Waals surface area contributed by atoms with Crippen LogP contribution < -0.4 is 9.47 Å². The van der Waals surface area contributed by atoms with Gasteiger partial charge in [-0.3, -0.25) is 9.78 Å². The number of halogens is 1. The van der Waals surface area contributed by atoms with E-state index in [1.54, 1.807) is 44.3 Å². The Morgan fingerprint density at radius 3 is 2.37 bits per heavy atom. The SMILES string of the molecule is Cc1cc(OCC(C)(C)O)cc(C)c1-c1ccc(F)c(COc2ccc([C@H]3C[C@@H]3C(=O)O)nc2)c1. The molecule has 0 aliphatic heterocycles. The molecule has 1 fully saturated rings. The van der Waals surface area contributed by atoms with Crippen LogP contribution in [0.3, 0.4) is 0 Å². The molecule has 2 N–H and O–H groups in total. The summed E-state index contributed by atoms with van der Waals surface area (Å²) in [4.78, 5) is 15.4. The van der Waals surface area contributed by atoms with E-state index < -0.39 is 11.6 Å². The summed E-state index contributed by atoms with van der Waals surface area (Å²) in [6.07, 6.45) is 2.15. The summed E-state index contributed by atoms with van der Waals surface area (Å²) in [6, 6.07) is 12.3. The number of aromatic nitrogens is 1. The van der Waals surface area contributed by atoms with Crippen LogP contribution in [0.2, 0.25) is 0 Å². The molecule has 0 radical (unpaired) electrons. The summed E-state index contributed by atoms with van der Waals surface area (Å²) in [5.41, 5.74) is 4.05. The second kappa shape index (κ2) is 9.66. The van der Waals surface area contributed by atoms with Gasteiger partial charge in [-0.05, 0) is 92.8 Å². The summed E-state index contributed by atoms with van der Waals surface area (Å²) in [5, 5.41) is 19.0. The van der Waals surface area contributed by atoms with E-state index in [-0.39, 0.29) is 30.9 Å². The Balaban J connectivity index is 1.47. The molecule has 1 aliphatic rings. The van der Waals surface area contributed by atoms with Gasteiger partial charge in [0.15, 0.2) is 0 Å². The Morgan fingerprint density at radius 1 is 1.09 bits per heavy atom. The third kappa shape index (κ3) is 5.98. The Morgan fingerprint density at radius 2 is 1.80 bits per heavy atom. The highest BCUT2D eigenvalue weighted by Gasteiger charge is 2.45. The molecule has 3 aromatic rings. The number of aliphatic hydroxyl groups is 1. The lowest BCUT2D eigenvalue weighted by atomic mass is 9.94. The number of carbonyl (C=O) groups is 1. The number of hydrogen-bond donors (Lipinski definition) is 2. The number of hydrogen-bond acceptors (Lipinski definition) is 5. The van der Waals surface area contributed by atoms with Gasteiger partial charge in [0.2, 0.25) is 0 Å². The van der Waals surface area contributed by atoms with Gasteiger partial charge < -0.3 is 19.7 Å². The Hall–Kier alpha value is -3.45. The molecular weight excluding hydrogens is 449 g/mol. The van der Waals surface area contributed by atoms with Crippen molar-refractivity contribution in [3.05, 3.63) is 76.9 Å². The third-order valence-electron chi connectivity index (χ3n) is 6.07. The molecule has 2 aromatic carbocycles. The minimum absolute atomic E-state index is 0.0345. The van der Waals surface area contributed by atoms with Crippen molar-refractivity contribution in [2.75, 3.05) is 6.61 Å². The fourth-order valence-corrected chi connectivity index (χ4v) is 4.22. The van der Waals surface area contributed by atoms with Gasteiger partial charge in [-0.2, -0.15) is 0 Å². The quantitative estimate of drug-likeness (QED) is 0.426. The molecule has 4 rings (SSSR count). The highest BCUT2D eigenvalue weighted by molar-refractivity contribution is 5.75. The highest BCUT2D eigenvalue weighted by atomic mass is 19.1. The number of aliphatic carboxylic acids is 1. The predicted molar refractivity (Wildman–Crippen MR) is 130 cm³/mol. The zero-order chi connectivity index (χ0) is 25.3. The van der Waals surface area contributed by atoms with Gasteiger partial charge in [-0.15, -0.1) is 0 Å². The Labute approximate surface area is 204 Å². The third-order valence-corrected chi connectivity index (χ3v) is 6.07. The molecule has 0 spiro atoms. The second-order valence-electron chi connectivity index (χ2n) is 9.83. The second-order valence-corrected chi connectivity index (χ2v) is 9.83.